The van der Waals surface area contributed by atoms with Crippen LogP contribution in [0.4, 0.5) is 0 Å². The maximum atomic E-state index is 9.67. The molecule has 4 heteroatoms. The molecule has 0 aromatic heterocycles. The Kier molecular flexibility index (Phi) is 3.98. The van der Waals surface area contributed by atoms with Crippen LogP contribution in [0.5, 0.6) is 0 Å². The summed E-state index contributed by atoms with van der Waals surface area (Å²) in [4.78, 5) is 0. The van der Waals surface area contributed by atoms with Crippen LogP contribution in [-0.2, 0) is 9.16 Å². The summed E-state index contributed by atoms with van der Waals surface area (Å²) in [6.45, 7) is 11.7. The van der Waals surface area contributed by atoms with Crippen LogP contribution in [0.3, 0.4) is 0 Å². The molecule has 0 aromatic carbocycles. The normalized spacial score (nSPS) is 29.2. The molecule has 0 aromatic rings. The second kappa shape index (κ2) is 4.53. The van der Waals surface area contributed by atoms with Gasteiger partial charge in [-0.15, -0.1) is 0 Å². The molecule has 90 valence electrons. The van der Waals surface area contributed by atoms with Gasteiger partial charge in [0.25, 0.3) is 0 Å². The van der Waals surface area contributed by atoms with Gasteiger partial charge in [0.15, 0.2) is 14.6 Å². The minimum atomic E-state index is -1.77. The number of aliphatic hydroxyl groups excluding tert-OH is 1. The third-order valence-electron chi connectivity index (χ3n) is 3.49. The molecule has 0 bridgehead atoms. The van der Waals surface area contributed by atoms with E-state index in [1.54, 1.807) is 0 Å². The van der Waals surface area contributed by atoms with E-state index in [4.69, 9.17) is 9.16 Å². The van der Waals surface area contributed by atoms with Gasteiger partial charge in [0.2, 0.25) is 0 Å². The number of aliphatic hydroxyl groups is 1. The molecule has 0 radical (unpaired) electrons. The Morgan fingerprint density at radius 2 is 1.93 bits per heavy atom. The zero-order valence-electron chi connectivity index (χ0n) is 10.5. The van der Waals surface area contributed by atoms with Gasteiger partial charge in [0.05, 0.1) is 6.10 Å². The molecule has 1 aliphatic rings. The molecule has 0 saturated carbocycles. The summed E-state index contributed by atoms with van der Waals surface area (Å²) in [5, 5.41) is 9.86. The molecular weight excluding hydrogens is 208 g/mol. The van der Waals surface area contributed by atoms with Crippen LogP contribution in [0, 0.1) is 0 Å². The largest absolute Gasteiger partial charge is 0.409 e. The minimum absolute atomic E-state index is 0.125. The van der Waals surface area contributed by atoms with E-state index >= 15 is 0 Å². The highest BCUT2D eigenvalue weighted by Gasteiger charge is 2.41. The van der Waals surface area contributed by atoms with Crippen molar-refractivity contribution in [2.45, 2.75) is 64.1 Å². The van der Waals surface area contributed by atoms with Gasteiger partial charge in [0.1, 0.15) is 0 Å². The molecule has 1 rings (SSSR count). The second-order valence-corrected chi connectivity index (χ2v) is 10.6. The van der Waals surface area contributed by atoms with Crippen LogP contribution in [-0.4, -0.2) is 32.4 Å². The summed E-state index contributed by atoms with van der Waals surface area (Å²) >= 11 is 0. The van der Waals surface area contributed by atoms with E-state index in [2.05, 4.69) is 33.9 Å². The average molecular weight is 232 g/mol. The quantitative estimate of drug-likeness (QED) is 0.744. The standard InChI is InChI=1S/C11H24O3Si/c1-11(2,3)15(4,5)14-9-7-6-8-13-10(9)12/h9-10,12H,6-8H2,1-5H3/t9-,10-/m1/s1. The molecule has 1 heterocycles. The topological polar surface area (TPSA) is 38.7 Å². The minimum Gasteiger partial charge on any atom is -0.409 e. The smallest absolute Gasteiger partial charge is 0.192 e. The number of hydrogen-bond donors (Lipinski definition) is 1. The van der Waals surface area contributed by atoms with E-state index in [-0.39, 0.29) is 11.1 Å². The van der Waals surface area contributed by atoms with Gasteiger partial charge < -0.3 is 14.3 Å². The predicted octanol–water partition coefficient (Wildman–Crippen LogP) is 2.51. The second-order valence-electron chi connectivity index (χ2n) is 5.82. The van der Waals surface area contributed by atoms with Crippen LogP contribution in [0.25, 0.3) is 0 Å². The number of rotatable bonds is 2. The molecule has 1 saturated heterocycles. The van der Waals surface area contributed by atoms with E-state index in [0.717, 1.165) is 12.8 Å². The van der Waals surface area contributed by atoms with Gasteiger partial charge in [-0.05, 0) is 31.0 Å². The first-order valence-electron chi connectivity index (χ1n) is 5.71. The van der Waals surface area contributed by atoms with Crippen LogP contribution in [0.15, 0.2) is 0 Å². The van der Waals surface area contributed by atoms with Crippen LogP contribution in [0.2, 0.25) is 18.1 Å². The fourth-order valence-electron chi connectivity index (χ4n) is 1.41. The summed E-state index contributed by atoms with van der Waals surface area (Å²) in [6, 6.07) is 0. The average Bonchev–Trinajstić information content (AvgIpc) is 2.06. The van der Waals surface area contributed by atoms with Crippen molar-refractivity contribution in [1.82, 2.24) is 0 Å². The van der Waals surface area contributed by atoms with Gasteiger partial charge in [-0.3, -0.25) is 0 Å². The Balaban J connectivity index is 2.59. The zero-order valence-corrected chi connectivity index (χ0v) is 11.5. The van der Waals surface area contributed by atoms with Crippen LogP contribution >= 0.6 is 0 Å². The summed E-state index contributed by atoms with van der Waals surface area (Å²) in [5.41, 5.74) is 0. The third-order valence-corrected chi connectivity index (χ3v) is 8.00. The van der Waals surface area contributed by atoms with Crippen molar-refractivity contribution in [2.24, 2.45) is 0 Å². The Hall–Kier alpha value is 0.0969. The first kappa shape index (κ1) is 13.2. The maximum Gasteiger partial charge on any atom is 0.192 e. The predicted molar refractivity (Wildman–Crippen MR) is 63.3 cm³/mol. The maximum absolute atomic E-state index is 9.67. The van der Waals surface area contributed by atoms with Crippen molar-refractivity contribution in [3.63, 3.8) is 0 Å². The summed E-state index contributed by atoms with van der Waals surface area (Å²) in [5.74, 6) is 0. The summed E-state index contributed by atoms with van der Waals surface area (Å²) in [6.07, 6.45) is 1.04. The van der Waals surface area contributed by atoms with Crippen molar-refractivity contribution in [2.75, 3.05) is 6.61 Å². The van der Waals surface area contributed by atoms with Gasteiger partial charge in [-0.1, -0.05) is 20.8 Å². The molecule has 15 heavy (non-hydrogen) atoms. The molecule has 0 unspecified atom stereocenters. The third kappa shape index (κ3) is 3.28. The van der Waals surface area contributed by atoms with Gasteiger partial charge in [-0.2, -0.15) is 0 Å². The van der Waals surface area contributed by atoms with Crippen molar-refractivity contribution >= 4 is 8.32 Å². The van der Waals surface area contributed by atoms with Crippen molar-refractivity contribution < 1.29 is 14.3 Å². The first-order chi connectivity index (χ1) is 6.74. The monoisotopic (exact) mass is 232 g/mol. The number of hydrogen-bond acceptors (Lipinski definition) is 3. The van der Waals surface area contributed by atoms with Crippen LogP contribution in [0.1, 0.15) is 33.6 Å². The van der Waals surface area contributed by atoms with Crippen LogP contribution < -0.4 is 0 Å². The molecule has 2 atom stereocenters. The van der Waals surface area contributed by atoms with Gasteiger partial charge in [0, 0.05) is 6.61 Å². The Labute approximate surface area is 93.9 Å². The Bertz CT molecular complexity index is 210. The van der Waals surface area contributed by atoms with E-state index in [9.17, 15) is 5.11 Å². The Morgan fingerprint density at radius 1 is 1.33 bits per heavy atom. The van der Waals surface area contributed by atoms with Crippen molar-refractivity contribution in [3.8, 4) is 0 Å². The van der Waals surface area contributed by atoms with Crippen molar-refractivity contribution in [1.29, 1.82) is 0 Å². The Morgan fingerprint density at radius 3 is 2.40 bits per heavy atom. The van der Waals surface area contributed by atoms with Gasteiger partial charge >= 0.3 is 0 Å². The molecule has 0 amide bonds. The SMILES string of the molecule is CC(C)(C)[Si](C)(C)O[C@@H]1CCCO[C@H]1O. The van der Waals surface area contributed by atoms with Crippen molar-refractivity contribution in [3.05, 3.63) is 0 Å². The van der Waals surface area contributed by atoms with E-state index < -0.39 is 14.6 Å². The molecule has 3 nitrogen and oxygen atoms in total. The lowest BCUT2D eigenvalue weighted by Gasteiger charge is -2.41. The lowest BCUT2D eigenvalue weighted by atomic mass is 10.1. The molecule has 1 N–H and O–H groups in total. The first-order valence-corrected chi connectivity index (χ1v) is 8.62. The molecule has 1 fully saturated rings. The highest BCUT2D eigenvalue weighted by Crippen LogP contribution is 2.38. The fraction of sp³-hybridized carbons (Fsp3) is 1.00. The molecule has 0 spiro atoms. The lowest BCUT2D eigenvalue weighted by molar-refractivity contribution is -0.180. The molecular formula is C11H24O3Si. The fourth-order valence-corrected chi connectivity index (χ4v) is 2.76. The summed E-state index contributed by atoms with van der Waals surface area (Å²) < 4.78 is 11.3. The number of ether oxygens (including phenoxy) is 1. The zero-order chi connectivity index (χ0) is 11.7. The van der Waals surface area contributed by atoms with E-state index in [1.165, 1.54) is 0 Å². The van der Waals surface area contributed by atoms with Gasteiger partial charge in [-0.25, -0.2) is 0 Å². The van der Waals surface area contributed by atoms with E-state index in [1.807, 2.05) is 0 Å². The summed E-state index contributed by atoms with van der Waals surface area (Å²) in [7, 11) is -1.77. The molecule has 1 aliphatic heterocycles. The van der Waals surface area contributed by atoms with E-state index in [0.29, 0.717) is 6.61 Å². The lowest BCUT2D eigenvalue weighted by Crippen LogP contribution is -2.48. The highest BCUT2D eigenvalue weighted by atomic mass is 28.4. The molecule has 0 aliphatic carbocycles. The highest BCUT2D eigenvalue weighted by molar-refractivity contribution is 6.74.